The maximum absolute atomic E-state index is 11.0. The number of nitrogens with zero attached hydrogens (tertiary/aromatic N) is 4. The fraction of sp³-hybridized carbons (Fsp3) is 0.125. The summed E-state index contributed by atoms with van der Waals surface area (Å²) in [5, 5.41) is 11.6. The molecule has 1 amide bonds. The first-order valence-electron chi connectivity index (χ1n) is 7.80. The molecule has 0 aliphatic heterocycles. The Morgan fingerprint density at radius 3 is 1.93 bits per heavy atom. The number of hydrogen-bond donors (Lipinski definition) is 2. The van der Waals surface area contributed by atoms with Crippen LogP contribution in [0.15, 0.2) is 30.9 Å². The lowest BCUT2D eigenvalue weighted by molar-refractivity contribution is 0.235. The molecule has 0 saturated heterocycles. The Morgan fingerprint density at radius 1 is 0.967 bits per heavy atom. The van der Waals surface area contributed by atoms with Crippen molar-refractivity contribution in [1.29, 1.82) is 0 Å². The number of pyridine rings is 2. The van der Waals surface area contributed by atoms with Crippen molar-refractivity contribution >= 4 is 75.6 Å². The predicted molar refractivity (Wildman–Crippen MR) is 117 cm³/mol. The molecule has 0 aromatic carbocycles. The zero-order valence-electron chi connectivity index (χ0n) is 14.6. The van der Waals surface area contributed by atoms with Gasteiger partial charge in [-0.25, -0.2) is 9.78 Å². The Morgan fingerprint density at radius 2 is 1.50 bits per heavy atom. The highest BCUT2D eigenvalue weighted by Crippen LogP contribution is 2.36. The molecular formula is C16H11Cl6N5O3. The molecule has 30 heavy (non-hydrogen) atoms. The number of nitrogens with one attached hydrogen (secondary N) is 1. The van der Waals surface area contributed by atoms with Gasteiger partial charge in [-0.2, -0.15) is 9.97 Å². The SMILES string of the molecule is Clc1cc(Cl)c(Oc2nc(Cl)c(Cl)cc2Cl)nc1Cl.O=C(NCCO)n1ccnc1. The summed E-state index contributed by atoms with van der Waals surface area (Å²) in [6.45, 7) is 0.206. The van der Waals surface area contributed by atoms with Gasteiger partial charge in [-0.3, -0.25) is 4.57 Å². The number of aliphatic hydroxyl groups excluding tert-OH is 1. The standard InChI is InChI=1S/C10H2Cl6N2O.C6H9N3O2/c11-3-1-5(13)9(17-7(3)15)19-10-6(14)2-4(12)8(16)18-10;10-4-2-8-6(11)9-3-1-7-5-9/h1-2H;1,3,5,10H,2,4H2,(H,8,11). The van der Waals surface area contributed by atoms with Crippen molar-refractivity contribution in [3.63, 3.8) is 0 Å². The van der Waals surface area contributed by atoms with E-state index in [-0.39, 0.29) is 61.3 Å². The van der Waals surface area contributed by atoms with Crippen molar-refractivity contribution in [3.05, 3.63) is 61.3 Å². The van der Waals surface area contributed by atoms with Gasteiger partial charge in [0, 0.05) is 18.9 Å². The Labute approximate surface area is 200 Å². The highest BCUT2D eigenvalue weighted by Gasteiger charge is 2.15. The van der Waals surface area contributed by atoms with E-state index in [1.807, 2.05) is 0 Å². The van der Waals surface area contributed by atoms with Crippen molar-refractivity contribution in [2.24, 2.45) is 0 Å². The third-order valence-electron chi connectivity index (χ3n) is 3.03. The zero-order valence-corrected chi connectivity index (χ0v) is 19.2. The molecular weight excluding hydrogens is 523 g/mol. The first kappa shape index (κ1) is 24.7. The quantitative estimate of drug-likeness (QED) is 0.422. The highest BCUT2D eigenvalue weighted by atomic mass is 35.5. The molecule has 2 N–H and O–H groups in total. The third-order valence-corrected chi connectivity index (χ3v) is 4.92. The Balaban J connectivity index is 0.000000248. The minimum atomic E-state index is -0.281. The van der Waals surface area contributed by atoms with Crippen LogP contribution < -0.4 is 10.1 Å². The van der Waals surface area contributed by atoms with E-state index in [1.54, 1.807) is 0 Å². The highest BCUT2D eigenvalue weighted by molar-refractivity contribution is 6.43. The van der Waals surface area contributed by atoms with Crippen LogP contribution >= 0.6 is 69.6 Å². The summed E-state index contributed by atoms with van der Waals surface area (Å²) < 4.78 is 6.64. The first-order valence-corrected chi connectivity index (χ1v) is 10.1. The summed E-state index contributed by atoms with van der Waals surface area (Å²) >= 11 is 34.9. The van der Waals surface area contributed by atoms with Crippen molar-refractivity contribution < 1.29 is 14.6 Å². The number of hydrogen-bond acceptors (Lipinski definition) is 6. The van der Waals surface area contributed by atoms with E-state index in [0.29, 0.717) is 0 Å². The second-order valence-corrected chi connectivity index (χ2v) is 7.47. The van der Waals surface area contributed by atoms with E-state index in [9.17, 15) is 4.79 Å². The fourth-order valence-electron chi connectivity index (χ4n) is 1.73. The van der Waals surface area contributed by atoms with Crippen molar-refractivity contribution in [2.75, 3.05) is 13.2 Å². The summed E-state index contributed by atoms with van der Waals surface area (Å²) in [6.07, 6.45) is 4.44. The van der Waals surface area contributed by atoms with Crippen LogP contribution in [0, 0.1) is 0 Å². The maximum atomic E-state index is 11.0. The molecule has 3 aromatic rings. The smallest absolute Gasteiger partial charge is 0.326 e. The van der Waals surface area contributed by atoms with Gasteiger partial charge in [-0.1, -0.05) is 69.6 Å². The lowest BCUT2D eigenvalue weighted by Gasteiger charge is -2.09. The molecule has 160 valence electrons. The molecule has 0 bridgehead atoms. The average Bonchev–Trinajstić information content (AvgIpc) is 3.24. The van der Waals surface area contributed by atoms with E-state index >= 15 is 0 Å². The van der Waals surface area contributed by atoms with Crippen LogP contribution in [0.5, 0.6) is 11.8 Å². The molecule has 0 aliphatic rings. The molecule has 0 aliphatic carbocycles. The van der Waals surface area contributed by atoms with Gasteiger partial charge in [-0.05, 0) is 12.1 Å². The van der Waals surface area contributed by atoms with Crippen LogP contribution in [-0.2, 0) is 0 Å². The number of carbonyl (C=O) groups is 1. The number of ether oxygens (including phenoxy) is 1. The molecule has 0 spiro atoms. The summed E-state index contributed by atoms with van der Waals surface area (Å²) in [6, 6.07) is 2.50. The van der Waals surface area contributed by atoms with E-state index in [2.05, 4.69) is 20.3 Å². The molecule has 3 aromatic heterocycles. The predicted octanol–water partition coefficient (Wildman–Crippen LogP) is 5.62. The first-order chi connectivity index (χ1) is 14.2. The van der Waals surface area contributed by atoms with Crippen molar-refractivity contribution in [2.45, 2.75) is 0 Å². The molecule has 14 heteroatoms. The van der Waals surface area contributed by atoms with E-state index < -0.39 is 0 Å². The summed E-state index contributed by atoms with van der Waals surface area (Å²) in [7, 11) is 0. The van der Waals surface area contributed by atoms with E-state index in [4.69, 9.17) is 79.4 Å². The number of aliphatic hydroxyl groups is 1. The van der Waals surface area contributed by atoms with Gasteiger partial charge in [0.1, 0.15) is 16.4 Å². The lowest BCUT2D eigenvalue weighted by Crippen LogP contribution is -2.29. The van der Waals surface area contributed by atoms with Crippen LogP contribution in [0.2, 0.25) is 30.4 Å². The summed E-state index contributed by atoms with van der Waals surface area (Å²) in [4.78, 5) is 22.4. The van der Waals surface area contributed by atoms with Crippen LogP contribution in [0.4, 0.5) is 4.79 Å². The fourth-order valence-corrected chi connectivity index (χ4v) is 2.78. The van der Waals surface area contributed by atoms with E-state index in [1.165, 1.54) is 35.4 Å². The van der Waals surface area contributed by atoms with Crippen molar-refractivity contribution in [3.8, 4) is 11.8 Å². The van der Waals surface area contributed by atoms with Gasteiger partial charge in [0.25, 0.3) is 0 Å². The zero-order chi connectivity index (χ0) is 22.3. The molecule has 3 heterocycles. The van der Waals surface area contributed by atoms with Crippen LogP contribution in [0.3, 0.4) is 0 Å². The van der Waals surface area contributed by atoms with Gasteiger partial charge < -0.3 is 15.2 Å². The van der Waals surface area contributed by atoms with Crippen LogP contribution in [-0.4, -0.2) is 43.8 Å². The largest absolute Gasteiger partial charge is 0.417 e. The lowest BCUT2D eigenvalue weighted by atomic mass is 10.4. The van der Waals surface area contributed by atoms with Gasteiger partial charge in [0.15, 0.2) is 10.3 Å². The maximum Gasteiger partial charge on any atom is 0.326 e. The van der Waals surface area contributed by atoms with Crippen LogP contribution in [0.25, 0.3) is 0 Å². The number of amides is 1. The van der Waals surface area contributed by atoms with Gasteiger partial charge >= 0.3 is 6.03 Å². The third kappa shape index (κ3) is 7.02. The average molecular weight is 534 g/mol. The van der Waals surface area contributed by atoms with Gasteiger partial charge in [-0.15, -0.1) is 0 Å². The number of halogens is 6. The molecule has 0 saturated carbocycles. The number of rotatable bonds is 4. The molecule has 0 atom stereocenters. The van der Waals surface area contributed by atoms with Gasteiger partial charge in [0.2, 0.25) is 11.8 Å². The molecule has 8 nitrogen and oxygen atoms in total. The topological polar surface area (TPSA) is 102 Å². The number of aromatic nitrogens is 4. The normalized spacial score (nSPS) is 10.2. The minimum absolute atomic E-state index is 0.00357. The minimum Gasteiger partial charge on any atom is -0.417 e. The van der Waals surface area contributed by atoms with Crippen LogP contribution in [0.1, 0.15) is 0 Å². The monoisotopic (exact) mass is 531 g/mol. The molecule has 0 unspecified atom stereocenters. The number of imidazole rings is 1. The Kier molecular flexibility index (Phi) is 9.70. The Hall–Kier alpha value is -1.52. The molecule has 3 rings (SSSR count). The molecule has 0 fully saturated rings. The summed E-state index contributed by atoms with van der Waals surface area (Å²) in [5.74, 6) is 0.00714. The molecule has 0 radical (unpaired) electrons. The Bertz CT molecular complexity index is 964. The summed E-state index contributed by atoms with van der Waals surface area (Å²) in [5.41, 5.74) is 0. The second-order valence-electron chi connectivity index (χ2n) is 5.12. The number of carbonyl (C=O) groups excluding carboxylic acids is 1. The van der Waals surface area contributed by atoms with Gasteiger partial charge in [0.05, 0.1) is 16.7 Å². The van der Waals surface area contributed by atoms with E-state index in [0.717, 1.165) is 0 Å². The second kappa shape index (κ2) is 11.8. The van der Waals surface area contributed by atoms with Crippen molar-refractivity contribution in [1.82, 2.24) is 24.8 Å².